The molecule has 0 bridgehead atoms. The van der Waals surface area contributed by atoms with Gasteiger partial charge in [-0.15, -0.1) is 12.6 Å². The quantitative estimate of drug-likeness (QED) is 0.600. The van der Waals surface area contributed by atoms with Gasteiger partial charge in [-0.05, 0) is 23.7 Å². The molecule has 0 aromatic heterocycles. The van der Waals surface area contributed by atoms with Gasteiger partial charge in [0.25, 0.3) is 11.7 Å². The third-order valence-electron chi connectivity index (χ3n) is 1.49. The van der Waals surface area contributed by atoms with Crippen molar-refractivity contribution in [2.45, 2.75) is 11.3 Å². The second kappa shape index (κ2) is 4.07. The summed E-state index contributed by atoms with van der Waals surface area (Å²) in [5.41, 5.74) is -0.0407. The fraction of sp³-hybridized carbons (Fsp3) is 0.125. The summed E-state index contributed by atoms with van der Waals surface area (Å²) in [7, 11) is 0. The minimum absolute atomic E-state index is 0.134. The van der Waals surface area contributed by atoms with Crippen LogP contribution in [-0.4, -0.2) is 5.24 Å². The Morgan fingerprint density at radius 1 is 1.46 bits per heavy atom. The van der Waals surface area contributed by atoms with E-state index < -0.39 is 11.7 Å². The monoisotopic (exact) mass is 222 g/mol. The lowest BCUT2D eigenvalue weighted by atomic mass is 10.1. The molecule has 0 aliphatic heterocycles. The molecule has 0 fully saturated rings. The van der Waals surface area contributed by atoms with Gasteiger partial charge < -0.3 is 0 Å². The van der Waals surface area contributed by atoms with E-state index in [1.165, 1.54) is 6.07 Å². The highest BCUT2D eigenvalue weighted by Gasteiger charge is 2.11. The molecular formula is C8H5ClF2OS. The van der Waals surface area contributed by atoms with Gasteiger partial charge in [0.15, 0.2) is 0 Å². The molecule has 0 N–H and O–H groups in total. The molecule has 0 atom stereocenters. The molecule has 0 unspecified atom stereocenters. The Kier molecular flexibility index (Phi) is 3.27. The van der Waals surface area contributed by atoms with Crippen LogP contribution in [0.4, 0.5) is 8.78 Å². The second-order valence-corrected chi connectivity index (χ2v) is 3.18. The van der Waals surface area contributed by atoms with Gasteiger partial charge in [0, 0.05) is 16.0 Å². The van der Waals surface area contributed by atoms with Crippen molar-refractivity contribution in [1.29, 1.82) is 0 Å². The minimum Gasteiger partial charge on any atom is -0.276 e. The Morgan fingerprint density at radius 2 is 2.08 bits per heavy atom. The highest BCUT2D eigenvalue weighted by molar-refractivity contribution is 7.80. The topological polar surface area (TPSA) is 17.1 Å². The van der Waals surface area contributed by atoms with E-state index >= 15 is 0 Å². The Morgan fingerprint density at radius 3 is 2.46 bits per heavy atom. The molecule has 0 aliphatic carbocycles. The minimum atomic E-state index is -2.56. The summed E-state index contributed by atoms with van der Waals surface area (Å²) in [5, 5.41) is -0.703. The highest BCUT2D eigenvalue weighted by Crippen LogP contribution is 2.24. The maximum absolute atomic E-state index is 12.1. The van der Waals surface area contributed by atoms with Crippen molar-refractivity contribution in [3.05, 3.63) is 29.3 Å². The number of benzene rings is 1. The lowest BCUT2D eigenvalue weighted by Crippen LogP contribution is -1.93. The van der Waals surface area contributed by atoms with Crippen molar-refractivity contribution in [1.82, 2.24) is 0 Å². The largest absolute Gasteiger partial charge is 0.276 e. The van der Waals surface area contributed by atoms with Gasteiger partial charge >= 0.3 is 0 Å². The van der Waals surface area contributed by atoms with Gasteiger partial charge in [-0.2, -0.15) is 0 Å². The van der Waals surface area contributed by atoms with E-state index in [4.69, 9.17) is 11.6 Å². The van der Waals surface area contributed by atoms with Crippen molar-refractivity contribution in [2.75, 3.05) is 0 Å². The van der Waals surface area contributed by atoms with Crippen molar-refractivity contribution in [2.24, 2.45) is 0 Å². The molecule has 0 heterocycles. The fourth-order valence-corrected chi connectivity index (χ4v) is 1.41. The Hall–Kier alpha value is -0.610. The Labute approximate surface area is 84.1 Å². The van der Waals surface area contributed by atoms with Gasteiger partial charge in [0.2, 0.25) is 0 Å². The molecule has 0 saturated carbocycles. The van der Waals surface area contributed by atoms with E-state index in [1.807, 2.05) is 0 Å². The van der Waals surface area contributed by atoms with Crippen LogP contribution in [0, 0.1) is 0 Å². The molecule has 13 heavy (non-hydrogen) atoms. The SMILES string of the molecule is O=C(Cl)c1ccc(C(F)F)cc1S. The number of carbonyl (C=O) groups excluding carboxylic acids is 1. The first kappa shape index (κ1) is 10.5. The van der Waals surface area contributed by atoms with Crippen molar-refractivity contribution < 1.29 is 13.6 Å². The molecule has 0 radical (unpaired) electrons. The standard InChI is InChI=1S/C8H5ClF2OS/c9-7(12)5-2-1-4(8(10)11)3-6(5)13/h1-3,8,13H. The molecule has 1 aromatic rings. The number of hydrogen-bond donors (Lipinski definition) is 1. The predicted molar refractivity (Wildman–Crippen MR) is 48.8 cm³/mol. The third-order valence-corrected chi connectivity index (χ3v) is 2.06. The number of halogens is 3. The van der Waals surface area contributed by atoms with Gasteiger partial charge in [-0.3, -0.25) is 4.79 Å². The Balaban J connectivity index is 3.13. The van der Waals surface area contributed by atoms with Gasteiger partial charge in [0.1, 0.15) is 0 Å². The van der Waals surface area contributed by atoms with E-state index in [1.54, 1.807) is 0 Å². The van der Waals surface area contributed by atoms with Gasteiger partial charge in [-0.25, -0.2) is 8.78 Å². The van der Waals surface area contributed by atoms with E-state index in [2.05, 4.69) is 12.6 Å². The lowest BCUT2D eigenvalue weighted by molar-refractivity contribution is 0.107. The van der Waals surface area contributed by atoms with Crippen LogP contribution in [0.5, 0.6) is 0 Å². The number of alkyl halides is 2. The average molecular weight is 223 g/mol. The zero-order valence-electron chi connectivity index (χ0n) is 6.30. The first-order valence-electron chi connectivity index (χ1n) is 3.33. The molecule has 1 nitrogen and oxygen atoms in total. The molecule has 0 spiro atoms. The summed E-state index contributed by atoms with van der Waals surface area (Å²) in [6.45, 7) is 0. The smallest absolute Gasteiger partial charge is 0.263 e. The normalized spacial score (nSPS) is 10.5. The van der Waals surface area contributed by atoms with E-state index in [-0.39, 0.29) is 16.0 Å². The summed E-state index contributed by atoms with van der Waals surface area (Å²) in [6, 6.07) is 3.52. The van der Waals surface area contributed by atoms with Crippen molar-refractivity contribution in [3.8, 4) is 0 Å². The molecule has 70 valence electrons. The molecule has 0 saturated heterocycles. The number of thiol groups is 1. The maximum atomic E-state index is 12.1. The fourth-order valence-electron chi connectivity index (χ4n) is 0.851. The van der Waals surface area contributed by atoms with Crippen LogP contribution in [0.3, 0.4) is 0 Å². The van der Waals surface area contributed by atoms with Crippen molar-refractivity contribution >= 4 is 29.5 Å². The van der Waals surface area contributed by atoms with Crippen LogP contribution >= 0.6 is 24.2 Å². The molecule has 5 heteroatoms. The van der Waals surface area contributed by atoms with Crippen molar-refractivity contribution in [3.63, 3.8) is 0 Å². The number of rotatable bonds is 2. The van der Waals surface area contributed by atoms with Crippen LogP contribution in [-0.2, 0) is 0 Å². The Bertz CT molecular complexity index is 341. The lowest BCUT2D eigenvalue weighted by Gasteiger charge is -2.03. The average Bonchev–Trinajstić information content (AvgIpc) is 2.03. The maximum Gasteiger partial charge on any atom is 0.263 e. The van der Waals surface area contributed by atoms with E-state index in [0.29, 0.717) is 0 Å². The summed E-state index contributed by atoms with van der Waals surface area (Å²) in [4.78, 5) is 10.8. The second-order valence-electron chi connectivity index (χ2n) is 2.35. The highest BCUT2D eigenvalue weighted by atomic mass is 35.5. The van der Waals surface area contributed by atoms with Gasteiger partial charge in [-0.1, -0.05) is 6.07 Å². The van der Waals surface area contributed by atoms with E-state index in [9.17, 15) is 13.6 Å². The summed E-state index contributed by atoms with van der Waals surface area (Å²) in [5.74, 6) is 0. The van der Waals surface area contributed by atoms with Gasteiger partial charge in [0.05, 0.1) is 0 Å². The van der Waals surface area contributed by atoms with Crippen LogP contribution in [0.2, 0.25) is 0 Å². The third kappa shape index (κ3) is 2.42. The molecular weight excluding hydrogens is 218 g/mol. The zero-order valence-corrected chi connectivity index (χ0v) is 7.95. The summed E-state index contributed by atoms with van der Waals surface area (Å²) >= 11 is 9.03. The summed E-state index contributed by atoms with van der Waals surface area (Å²) < 4.78 is 24.3. The number of hydrogen-bond acceptors (Lipinski definition) is 2. The summed E-state index contributed by atoms with van der Waals surface area (Å²) in [6.07, 6.45) is -2.56. The first-order chi connectivity index (χ1) is 6.02. The van der Waals surface area contributed by atoms with Crippen LogP contribution in [0.15, 0.2) is 23.1 Å². The van der Waals surface area contributed by atoms with E-state index in [0.717, 1.165) is 12.1 Å². The molecule has 1 aromatic carbocycles. The first-order valence-corrected chi connectivity index (χ1v) is 4.16. The zero-order chi connectivity index (χ0) is 10.0. The molecule has 1 rings (SSSR count). The van der Waals surface area contributed by atoms with Crippen LogP contribution < -0.4 is 0 Å². The molecule has 0 amide bonds. The van der Waals surface area contributed by atoms with Crippen LogP contribution in [0.25, 0.3) is 0 Å². The molecule has 0 aliphatic rings. The van der Waals surface area contributed by atoms with Crippen LogP contribution in [0.1, 0.15) is 22.3 Å². The number of carbonyl (C=O) groups is 1. The predicted octanol–water partition coefficient (Wildman–Crippen LogP) is 3.29.